The summed E-state index contributed by atoms with van der Waals surface area (Å²) >= 11 is 0. The molecule has 1 aliphatic heterocycles. The number of hydrogen-bond donors (Lipinski definition) is 2. The van der Waals surface area contributed by atoms with E-state index in [-0.39, 0.29) is 17.8 Å². The van der Waals surface area contributed by atoms with Gasteiger partial charge in [0.05, 0.1) is 0 Å². The molecule has 5 nitrogen and oxygen atoms in total. The largest absolute Gasteiger partial charge is 0.328 e. The maximum absolute atomic E-state index is 12.2. The minimum absolute atomic E-state index is 0.205. The number of nitrogens with one attached hydrogen (secondary N) is 2. The van der Waals surface area contributed by atoms with Crippen LogP contribution in [0.25, 0.3) is 0 Å². The summed E-state index contributed by atoms with van der Waals surface area (Å²) in [5.41, 5.74) is -1.52. The van der Waals surface area contributed by atoms with Crippen LogP contribution in [0.4, 0.5) is 4.79 Å². The zero-order valence-corrected chi connectivity index (χ0v) is 11.3. The van der Waals surface area contributed by atoms with E-state index in [2.05, 4.69) is 17.2 Å². The Morgan fingerprint density at radius 2 is 1.67 bits per heavy atom. The van der Waals surface area contributed by atoms with Crippen molar-refractivity contribution in [2.75, 3.05) is 0 Å². The van der Waals surface area contributed by atoms with E-state index in [1.165, 1.54) is 6.08 Å². The number of imide groups is 2. The van der Waals surface area contributed by atoms with E-state index < -0.39 is 23.3 Å². The van der Waals surface area contributed by atoms with Gasteiger partial charge in [-0.1, -0.05) is 33.8 Å². The number of amides is 4. The van der Waals surface area contributed by atoms with Gasteiger partial charge in [0.2, 0.25) is 11.8 Å². The fourth-order valence-electron chi connectivity index (χ4n) is 2.29. The first-order valence-electron chi connectivity index (χ1n) is 5.94. The second-order valence-electron chi connectivity index (χ2n) is 5.79. The van der Waals surface area contributed by atoms with Crippen molar-refractivity contribution in [3.63, 3.8) is 0 Å². The van der Waals surface area contributed by atoms with E-state index in [0.29, 0.717) is 0 Å². The summed E-state index contributed by atoms with van der Waals surface area (Å²) in [7, 11) is 0. The van der Waals surface area contributed by atoms with Crippen LogP contribution in [0.1, 0.15) is 34.1 Å². The molecule has 18 heavy (non-hydrogen) atoms. The van der Waals surface area contributed by atoms with Crippen molar-refractivity contribution in [2.24, 2.45) is 16.7 Å². The third-order valence-corrected chi connectivity index (χ3v) is 3.77. The van der Waals surface area contributed by atoms with E-state index in [9.17, 15) is 14.4 Å². The third-order valence-electron chi connectivity index (χ3n) is 3.77. The van der Waals surface area contributed by atoms with E-state index in [0.717, 1.165) is 0 Å². The molecule has 2 N–H and O–H groups in total. The second kappa shape index (κ2) is 4.55. The van der Waals surface area contributed by atoms with Gasteiger partial charge in [0, 0.05) is 0 Å². The summed E-state index contributed by atoms with van der Waals surface area (Å²) in [5.74, 6) is -1.33. The highest BCUT2D eigenvalue weighted by molar-refractivity contribution is 6.19. The molecule has 0 unspecified atom stereocenters. The Morgan fingerprint density at radius 3 is 2.00 bits per heavy atom. The maximum Gasteiger partial charge on any atom is 0.328 e. The van der Waals surface area contributed by atoms with Gasteiger partial charge >= 0.3 is 6.03 Å². The van der Waals surface area contributed by atoms with Crippen molar-refractivity contribution in [3.8, 4) is 0 Å². The van der Waals surface area contributed by atoms with Gasteiger partial charge in [0.1, 0.15) is 5.41 Å². The zero-order chi connectivity index (χ0) is 14.1. The van der Waals surface area contributed by atoms with Gasteiger partial charge in [-0.05, 0) is 17.8 Å². The Morgan fingerprint density at radius 1 is 1.22 bits per heavy atom. The fraction of sp³-hybridized carbons (Fsp3) is 0.615. The molecule has 1 aliphatic rings. The molecule has 5 heteroatoms. The summed E-state index contributed by atoms with van der Waals surface area (Å²) in [6, 6.07) is -0.759. The first-order chi connectivity index (χ1) is 8.16. The molecule has 1 atom stereocenters. The number of carbonyl (C=O) groups is 3. The summed E-state index contributed by atoms with van der Waals surface area (Å²) in [6.07, 6.45) is 1.74. The predicted molar refractivity (Wildman–Crippen MR) is 67.5 cm³/mol. The number of allylic oxidation sites excluding steroid dienone is 1. The first kappa shape index (κ1) is 14.4. The maximum atomic E-state index is 12.2. The van der Waals surface area contributed by atoms with Crippen LogP contribution in [0.15, 0.2) is 12.7 Å². The molecule has 0 radical (unpaired) electrons. The third kappa shape index (κ3) is 2.17. The summed E-state index contributed by atoms with van der Waals surface area (Å²) in [6.45, 7) is 11.3. The second-order valence-corrected chi connectivity index (χ2v) is 5.79. The van der Waals surface area contributed by atoms with Crippen LogP contribution in [0.5, 0.6) is 0 Å². The van der Waals surface area contributed by atoms with Gasteiger partial charge in [0.25, 0.3) is 0 Å². The van der Waals surface area contributed by atoms with Gasteiger partial charge in [0.15, 0.2) is 0 Å². The quantitative estimate of drug-likeness (QED) is 0.591. The van der Waals surface area contributed by atoms with Crippen LogP contribution < -0.4 is 10.6 Å². The molecule has 0 aliphatic carbocycles. The molecule has 1 fully saturated rings. The molecule has 100 valence electrons. The minimum Gasteiger partial charge on any atom is -0.277 e. The molecule has 0 aromatic carbocycles. The predicted octanol–water partition coefficient (Wildman–Crippen LogP) is 1.60. The molecule has 1 rings (SSSR count). The molecular formula is C13H20N2O3. The van der Waals surface area contributed by atoms with E-state index in [1.807, 2.05) is 27.7 Å². The zero-order valence-electron chi connectivity index (χ0n) is 11.3. The van der Waals surface area contributed by atoms with Gasteiger partial charge < -0.3 is 0 Å². The lowest BCUT2D eigenvalue weighted by Gasteiger charge is -2.43. The Balaban J connectivity index is 3.29. The van der Waals surface area contributed by atoms with Gasteiger partial charge in [-0.3, -0.25) is 20.2 Å². The van der Waals surface area contributed by atoms with Gasteiger partial charge in [-0.15, -0.1) is 6.58 Å². The van der Waals surface area contributed by atoms with Gasteiger partial charge in [-0.2, -0.15) is 0 Å². The highest BCUT2D eigenvalue weighted by Crippen LogP contribution is 2.44. The van der Waals surface area contributed by atoms with Crippen LogP contribution >= 0.6 is 0 Å². The Kier molecular flexibility index (Phi) is 3.64. The monoisotopic (exact) mass is 252 g/mol. The highest BCUT2D eigenvalue weighted by atomic mass is 16.2. The fourth-order valence-corrected chi connectivity index (χ4v) is 2.29. The molecule has 4 amide bonds. The van der Waals surface area contributed by atoms with Crippen molar-refractivity contribution >= 4 is 17.8 Å². The smallest absolute Gasteiger partial charge is 0.277 e. The number of barbiturate groups is 1. The molecule has 1 heterocycles. The van der Waals surface area contributed by atoms with Crippen molar-refractivity contribution in [3.05, 3.63) is 12.7 Å². The normalized spacial score (nSPS) is 21.0. The molecule has 0 spiro atoms. The van der Waals surface area contributed by atoms with Gasteiger partial charge in [-0.25, -0.2) is 4.79 Å². The molecule has 0 bridgehead atoms. The molecule has 0 aromatic heterocycles. The van der Waals surface area contributed by atoms with Crippen LogP contribution in [-0.2, 0) is 9.59 Å². The highest BCUT2D eigenvalue weighted by Gasteiger charge is 2.55. The number of carbonyl (C=O) groups excluding carboxylic acids is 3. The lowest BCUT2D eigenvalue weighted by atomic mass is 9.61. The van der Waals surface area contributed by atoms with E-state index in [4.69, 9.17) is 0 Å². The summed E-state index contributed by atoms with van der Waals surface area (Å²) in [4.78, 5) is 35.5. The molecule has 1 saturated heterocycles. The van der Waals surface area contributed by atoms with Crippen molar-refractivity contribution < 1.29 is 14.4 Å². The summed E-state index contributed by atoms with van der Waals surface area (Å²) in [5, 5.41) is 4.36. The van der Waals surface area contributed by atoms with Crippen molar-refractivity contribution in [1.29, 1.82) is 0 Å². The Bertz CT molecular complexity index is 387. The lowest BCUT2D eigenvalue weighted by molar-refractivity contribution is -0.151. The molecule has 0 saturated carbocycles. The topological polar surface area (TPSA) is 75.3 Å². The SMILES string of the molecule is C=CCC1([C@@H](C)C(C)(C)C)C(=O)NC(=O)NC1=O. The van der Waals surface area contributed by atoms with E-state index >= 15 is 0 Å². The van der Waals surface area contributed by atoms with Crippen molar-refractivity contribution in [1.82, 2.24) is 10.6 Å². The number of hydrogen-bond acceptors (Lipinski definition) is 3. The van der Waals surface area contributed by atoms with Crippen LogP contribution in [0.3, 0.4) is 0 Å². The standard InChI is InChI=1S/C13H20N2O3/c1-6-7-13(8(2)12(3,4)5)9(16)14-11(18)15-10(13)17/h6,8H,1,7H2,2-5H3,(H2,14,15,16,17,18)/t8-/m0/s1. The lowest BCUT2D eigenvalue weighted by Crippen LogP contribution is -2.65. The average molecular weight is 252 g/mol. The number of rotatable bonds is 3. The van der Waals surface area contributed by atoms with Crippen LogP contribution in [-0.4, -0.2) is 17.8 Å². The number of urea groups is 1. The Labute approximate surface area is 107 Å². The summed E-state index contributed by atoms with van der Waals surface area (Å²) < 4.78 is 0. The average Bonchev–Trinajstić information content (AvgIpc) is 2.21. The molecule has 0 aromatic rings. The van der Waals surface area contributed by atoms with Crippen LogP contribution in [0.2, 0.25) is 0 Å². The Hall–Kier alpha value is -1.65. The minimum atomic E-state index is -1.27. The van der Waals surface area contributed by atoms with Crippen molar-refractivity contribution in [2.45, 2.75) is 34.1 Å². The van der Waals surface area contributed by atoms with E-state index in [1.54, 1.807) is 0 Å². The van der Waals surface area contributed by atoms with Crippen LogP contribution in [0, 0.1) is 16.7 Å². The first-order valence-corrected chi connectivity index (χ1v) is 5.94. The molecular weight excluding hydrogens is 232 g/mol.